The van der Waals surface area contributed by atoms with Crippen molar-refractivity contribution in [1.29, 1.82) is 0 Å². The molecule has 0 fully saturated rings. The molecule has 2 radical (unpaired) electrons. The summed E-state index contributed by atoms with van der Waals surface area (Å²) in [7, 11) is 0. The van der Waals surface area contributed by atoms with Gasteiger partial charge in [0, 0.05) is 0 Å². The van der Waals surface area contributed by atoms with Gasteiger partial charge in [0.1, 0.15) is 0 Å². The van der Waals surface area contributed by atoms with E-state index in [0.717, 1.165) is 22.5 Å². The molecule has 0 aromatic heterocycles. The van der Waals surface area contributed by atoms with Crippen LogP contribution < -0.4 is 0 Å². The Bertz CT molecular complexity index is 44.9. The van der Waals surface area contributed by atoms with Crippen LogP contribution in [0, 0.1) is 0 Å². The van der Waals surface area contributed by atoms with Crippen LogP contribution in [0.2, 0.25) is 0 Å². The minimum atomic E-state index is 0.371. The third kappa shape index (κ3) is 5.20. The van der Waals surface area contributed by atoms with Crippen molar-refractivity contribution < 1.29 is 4.79 Å². The normalized spacial score (nSPS) is 7.60. The summed E-state index contributed by atoms with van der Waals surface area (Å²) in [6.07, 6.45) is 0. The summed E-state index contributed by atoms with van der Waals surface area (Å²) in [5, 5.41) is 0. The Labute approximate surface area is 57.7 Å². The number of hydrogen-bond donors (Lipinski definition) is 0. The number of rotatable bonds is 1. The zero-order valence-corrected chi connectivity index (χ0v) is 8.02. The summed E-state index contributed by atoms with van der Waals surface area (Å²) in [6.45, 7) is 0. The first-order valence-corrected chi connectivity index (χ1v) is 4.29. The van der Waals surface area contributed by atoms with Crippen molar-refractivity contribution >= 4 is 48.9 Å². The zero-order chi connectivity index (χ0) is 4.28. The van der Waals surface area contributed by atoms with Crippen LogP contribution in [0.15, 0.2) is 0 Å². The molecule has 0 N–H and O–H groups in total. The second-order valence-electron chi connectivity index (χ2n) is 0.600. The third-order valence-electron chi connectivity index (χ3n) is 0.132. The first-order chi connectivity index (χ1) is 2.27. The SMILES string of the molecule is O=[C]([SnH])CI. The summed E-state index contributed by atoms with van der Waals surface area (Å²) >= 11 is 2.84. The van der Waals surface area contributed by atoms with Crippen molar-refractivity contribution in [1.82, 2.24) is 0 Å². The van der Waals surface area contributed by atoms with Crippen LogP contribution in [-0.2, 0) is 4.79 Å². The average Bonchev–Trinajstić information content (AvgIpc) is 1.38. The van der Waals surface area contributed by atoms with Crippen LogP contribution in [-0.4, -0.2) is 30.8 Å². The first-order valence-electron chi connectivity index (χ1n) is 1.11. The first kappa shape index (κ1) is 6.20. The molecule has 28 valence electrons. The van der Waals surface area contributed by atoms with E-state index in [-0.39, 0.29) is 0 Å². The fourth-order valence-electron chi connectivity index (χ4n) is 0. The van der Waals surface area contributed by atoms with Gasteiger partial charge in [0.05, 0.1) is 0 Å². The predicted octanol–water partition coefficient (Wildman–Crippen LogP) is -0.151. The number of hydrogen-bond acceptors (Lipinski definition) is 1. The summed E-state index contributed by atoms with van der Waals surface area (Å²) in [4.78, 5) is 9.86. The number of alkyl halides is 1. The van der Waals surface area contributed by atoms with Crippen LogP contribution in [0.5, 0.6) is 0 Å². The molecule has 0 aromatic rings. The van der Waals surface area contributed by atoms with Crippen LogP contribution in [0.3, 0.4) is 0 Å². The van der Waals surface area contributed by atoms with Gasteiger partial charge in [-0.1, -0.05) is 0 Å². The van der Waals surface area contributed by atoms with Gasteiger partial charge in [0.15, 0.2) is 0 Å². The monoisotopic (exact) mass is 290 g/mol. The molecule has 0 rings (SSSR count). The number of carbonyl (C=O) groups is 1. The van der Waals surface area contributed by atoms with E-state index in [0.29, 0.717) is 8.23 Å². The molecule has 5 heavy (non-hydrogen) atoms. The molecule has 0 aliphatic heterocycles. The van der Waals surface area contributed by atoms with Gasteiger partial charge in [-0.25, -0.2) is 0 Å². The second-order valence-corrected chi connectivity index (χ2v) is 3.20. The van der Waals surface area contributed by atoms with E-state index >= 15 is 0 Å². The molecule has 0 aliphatic carbocycles. The number of carbonyl (C=O) groups excluding carboxylic acids is 1. The molecular weight excluding hydrogens is 286 g/mol. The molecule has 0 spiro atoms. The molecule has 0 aromatic carbocycles. The molecule has 0 amide bonds. The third-order valence-corrected chi connectivity index (χ3v) is 3.84. The average molecular weight is 289 g/mol. The van der Waals surface area contributed by atoms with Crippen molar-refractivity contribution in [3.63, 3.8) is 0 Å². The van der Waals surface area contributed by atoms with Crippen molar-refractivity contribution in [3.05, 3.63) is 0 Å². The van der Waals surface area contributed by atoms with Crippen molar-refractivity contribution in [2.24, 2.45) is 0 Å². The van der Waals surface area contributed by atoms with Crippen LogP contribution in [0.25, 0.3) is 0 Å². The Balaban J connectivity index is 2.85. The van der Waals surface area contributed by atoms with E-state index in [9.17, 15) is 4.79 Å². The van der Waals surface area contributed by atoms with E-state index in [1.807, 2.05) is 0 Å². The Kier molecular flexibility index (Phi) is 4.20. The van der Waals surface area contributed by atoms with E-state index in [1.54, 1.807) is 0 Å². The van der Waals surface area contributed by atoms with Crippen LogP contribution in [0.4, 0.5) is 0 Å². The Hall–Kier alpha value is 1.20. The van der Waals surface area contributed by atoms with Gasteiger partial charge in [-0.3, -0.25) is 0 Å². The zero-order valence-electron chi connectivity index (χ0n) is 2.57. The summed E-state index contributed by atoms with van der Waals surface area (Å²) in [5.41, 5.74) is 0. The van der Waals surface area contributed by atoms with Crippen molar-refractivity contribution in [3.8, 4) is 0 Å². The van der Waals surface area contributed by atoms with E-state index < -0.39 is 0 Å². The summed E-state index contributed by atoms with van der Waals surface area (Å²) in [6, 6.07) is 0. The summed E-state index contributed by atoms with van der Waals surface area (Å²) in [5.74, 6) is 0. The molecule has 0 saturated carbocycles. The van der Waals surface area contributed by atoms with Gasteiger partial charge < -0.3 is 0 Å². The molecule has 0 aliphatic rings. The predicted molar refractivity (Wildman–Crippen MR) is 31.0 cm³/mol. The Morgan fingerprint density at radius 3 is 2.20 bits per heavy atom. The molecule has 0 atom stereocenters. The van der Waals surface area contributed by atoms with Gasteiger partial charge >= 0.3 is 58.1 Å². The van der Waals surface area contributed by atoms with E-state index in [1.165, 1.54) is 0 Å². The molecule has 0 unspecified atom stereocenters. The molecule has 0 heterocycles. The van der Waals surface area contributed by atoms with Crippen LogP contribution >= 0.6 is 22.6 Å². The standard InChI is InChI=1S/C2H2IO.Sn.H/c3-1-2-4;;/h1H2;;. The van der Waals surface area contributed by atoms with Crippen LogP contribution in [0.1, 0.15) is 0 Å². The quantitative estimate of drug-likeness (QED) is 0.373. The van der Waals surface area contributed by atoms with Crippen molar-refractivity contribution in [2.75, 3.05) is 4.43 Å². The molecular formula is C2H3IOSn. The number of halogens is 1. The summed E-state index contributed by atoms with van der Waals surface area (Å²) < 4.78 is 1.07. The van der Waals surface area contributed by atoms with Gasteiger partial charge in [0.2, 0.25) is 0 Å². The molecule has 1 nitrogen and oxygen atoms in total. The van der Waals surface area contributed by atoms with Gasteiger partial charge in [-0.2, -0.15) is 0 Å². The Morgan fingerprint density at radius 2 is 2.20 bits per heavy atom. The van der Waals surface area contributed by atoms with E-state index in [2.05, 4.69) is 22.6 Å². The maximum absolute atomic E-state index is 9.86. The maximum atomic E-state index is 9.86. The van der Waals surface area contributed by atoms with Crippen molar-refractivity contribution in [2.45, 2.75) is 0 Å². The molecule has 0 bridgehead atoms. The minimum absolute atomic E-state index is 0.371. The second kappa shape index (κ2) is 3.39. The van der Waals surface area contributed by atoms with E-state index in [4.69, 9.17) is 0 Å². The Morgan fingerprint density at radius 1 is 2.00 bits per heavy atom. The fourth-order valence-corrected chi connectivity index (χ4v) is 0. The van der Waals surface area contributed by atoms with Gasteiger partial charge in [-0.05, 0) is 0 Å². The fraction of sp³-hybridized carbons (Fsp3) is 0.500. The molecule has 3 heteroatoms. The van der Waals surface area contributed by atoms with Gasteiger partial charge in [0.25, 0.3) is 0 Å². The van der Waals surface area contributed by atoms with Gasteiger partial charge in [-0.15, -0.1) is 0 Å². The molecule has 0 saturated heterocycles. The topological polar surface area (TPSA) is 17.1 Å².